The minimum Gasteiger partial charge on any atom is -0.257 e. The molecule has 0 fully saturated rings. The molecule has 3 nitrogen and oxygen atoms in total. The summed E-state index contributed by atoms with van der Waals surface area (Å²) in [5.74, 6) is -1.94. The molecule has 1 heterocycles. The predicted molar refractivity (Wildman–Crippen MR) is 98.4 cm³/mol. The van der Waals surface area contributed by atoms with Crippen LogP contribution in [-0.4, -0.2) is 14.2 Å². The molecular formula is C18H17F2NO2S2. The van der Waals surface area contributed by atoms with Gasteiger partial charge in [-0.15, -0.1) is 11.3 Å². The minimum absolute atomic E-state index is 0.00901. The Balaban J connectivity index is 2.04. The summed E-state index contributed by atoms with van der Waals surface area (Å²) in [6.07, 6.45) is 0.474. The zero-order chi connectivity index (χ0) is 18.0. The Morgan fingerprint density at radius 2 is 1.80 bits per heavy atom. The highest BCUT2D eigenvalue weighted by molar-refractivity contribution is 7.92. The van der Waals surface area contributed by atoms with Crippen LogP contribution >= 0.6 is 11.3 Å². The van der Waals surface area contributed by atoms with Crippen LogP contribution in [0.4, 0.5) is 13.8 Å². The fraction of sp³-hybridized carbons (Fsp3) is 0.222. The standard InChI is InChI=1S/C18H17F2NO2S2/c1-2-9-25(22,23)21(12-13-7-8-15(19)16(20)10-13)18-11-14-5-3-4-6-17(14)24-18/h3-8,10-11H,2,9,12H2,1H3. The first-order valence-corrected chi connectivity index (χ1v) is 10.3. The van der Waals surface area contributed by atoms with Crippen molar-refractivity contribution in [1.82, 2.24) is 0 Å². The van der Waals surface area contributed by atoms with Gasteiger partial charge in [0.25, 0.3) is 0 Å². The van der Waals surface area contributed by atoms with E-state index in [1.54, 1.807) is 6.92 Å². The van der Waals surface area contributed by atoms with Crippen molar-refractivity contribution in [1.29, 1.82) is 0 Å². The number of hydrogen-bond donors (Lipinski definition) is 0. The number of anilines is 1. The molecule has 0 atom stereocenters. The van der Waals surface area contributed by atoms with E-state index in [0.29, 0.717) is 17.0 Å². The topological polar surface area (TPSA) is 37.4 Å². The fourth-order valence-corrected chi connectivity index (χ4v) is 5.41. The lowest BCUT2D eigenvalue weighted by Crippen LogP contribution is -2.31. The van der Waals surface area contributed by atoms with Crippen molar-refractivity contribution in [3.63, 3.8) is 0 Å². The molecule has 3 aromatic rings. The first kappa shape index (κ1) is 17.8. The van der Waals surface area contributed by atoms with Crippen LogP contribution < -0.4 is 4.31 Å². The van der Waals surface area contributed by atoms with Crippen molar-refractivity contribution in [2.75, 3.05) is 10.1 Å². The summed E-state index contributed by atoms with van der Waals surface area (Å²) in [7, 11) is -3.57. The summed E-state index contributed by atoms with van der Waals surface area (Å²) in [5, 5.41) is 1.52. The van der Waals surface area contributed by atoms with Gasteiger partial charge in [0, 0.05) is 4.70 Å². The van der Waals surface area contributed by atoms with Crippen LogP contribution in [0.25, 0.3) is 10.1 Å². The van der Waals surface area contributed by atoms with E-state index in [9.17, 15) is 17.2 Å². The van der Waals surface area contributed by atoms with Gasteiger partial charge in [0.1, 0.15) is 5.00 Å². The number of fused-ring (bicyclic) bond motifs is 1. The lowest BCUT2D eigenvalue weighted by Gasteiger charge is -2.22. The fourth-order valence-electron chi connectivity index (χ4n) is 2.58. The maximum Gasteiger partial charge on any atom is 0.236 e. The largest absolute Gasteiger partial charge is 0.257 e. The molecule has 0 spiro atoms. The predicted octanol–water partition coefficient (Wildman–Crippen LogP) is 4.93. The molecule has 7 heteroatoms. The van der Waals surface area contributed by atoms with E-state index in [1.807, 2.05) is 30.3 Å². The van der Waals surface area contributed by atoms with Crippen molar-refractivity contribution in [2.45, 2.75) is 19.9 Å². The quantitative estimate of drug-likeness (QED) is 0.607. The number of sulfonamides is 1. The van der Waals surface area contributed by atoms with Gasteiger partial charge in [0.15, 0.2) is 11.6 Å². The summed E-state index contributed by atoms with van der Waals surface area (Å²) in [5.41, 5.74) is 0.399. The Morgan fingerprint density at radius 3 is 2.48 bits per heavy atom. The van der Waals surface area contributed by atoms with Crippen molar-refractivity contribution in [3.8, 4) is 0 Å². The Bertz CT molecular complexity index is 966. The first-order chi connectivity index (χ1) is 11.9. The van der Waals surface area contributed by atoms with Gasteiger partial charge in [-0.25, -0.2) is 17.2 Å². The van der Waals surface area contributed by atoms with Crippen molar-refractivity contribution >= 4 is 36.4 Å². The summed E-state index contributed by atoms with van der Waals surface area (Å²) >= 11 is 1.36. The monoisotopic (exact) mass is 381 g/mol. The molecule has 0 aliphatic carbocycles. The number of hydrogen-bond acceptors (Lipinski definition) is 3. The van der Waals surface area contributed by atoms with E-state index < -0.39 is 21.7 Å². The van der Waals surface area contributed by atoms with E-state index in [1.165, 1.54) is 21.7 Å². The third kappa shape index (κ3) is 3.82. The summed E-state index contributed by atoms with van der Waals surface area (Å²) in [6, 6.07) is 12.9. The average Bonchev–Trinajstić information content (AvgIpc) is 2.99. The highest BCUT2D eigenvalue weighted by Gasteiger charge is 2.24. The smallest absolute Gasteiger partial charge is 0.236 e. The van der Waals surface area contributed by atoms with E-state index >= 15 is 0 Å². The maximum absolute atomic E-state index is 13.5. The lowest BCUT2D eigenvalue weighted by atomic mass is 10.2. The molecule has 3 rings (SSSR count). The first-order valence-electron chi connectivity index (χ1n) is 7.83. The molecular weight excluding hydrogens is 364 g/mol. The molecule has 0 aliphatic heterocycles. The van der Waals surface area contributed by atoms with Gasteiger partial charge in [-0.2, -0.15) is 0 Å². The molecule has 1 aromatic heterocycles. The Kier molecular flexibility index (Phi) is 5.06. The van der Waals surface area contributed by atoms with Crippen LogP contribution in [-0.2, 0) is 16.6 Å². The van der Waals surface area contributed by atoms with Gasteiger partial charge in [0.2, 0.25) is 10.0 Å². The van der Waals surface area contributed by atoms with Gasteiger partial charge in [-0.1, -0.05) is 31.2 Å². The number of thiophene rings is 1. The summed E-state index contributed by atoms with van der Waals surface area (Å²) in [4.78, 5) is 0. The molecule has 0 unspecified atom stereocenters. The Morgan fingerprint density at radius 1 is 1.04 bits per heavy atom. The number of nitrogens with zero attached hydrogens (tertiary/aromatic N) is 1. The van der Waals surface area contributed by atoms with Crippen molar-refractivity contribution in [2.24, 2.45) is 0 Å². The van der Waals surface area contributed by atoms with E-state index in [4.69, 9.17) is 0 Å². The van der Waals surface area contributed by atoms with Crippen LogP contribution in [0.5, 0.6) is 0 Å². The van der Waals surface area contributed by atoms with E-state index in [-0.39, 0.29) is 12.3 Å². The van der Waals surface area contributed by atoms with Crippen molar-refractivity contribution < 1.29 is 17.2 Å². The highest BCUT2D eigenvalue weighted by atomic mass is 32.2. The van der Waals surface area contributed by atoms with Gasteiger partial charge < -0.3 is 0 Å². The van der Waals surface area contributed by atoms with Crippen LogP contribution in [0.2, 0.25) is 0 Å². The van der Waals surface area contributed by atoms with E-state index in [2.05, 4.69) is 0 Å². The second kappa shape index (κ2) is 7.09. The van der Waals surface area contributed by atoms with Crippen LogP contribution in [0.1, 0.15) is 18.9 Å². The molecule has 0 radical (unpaired) electrons. The van der Waals surface area contributed by atoms with Crippen LogP contribution in [0.15, 0.2) is 48.5 Å². The third-order valence-electron chi connectivity index (χ3n) is 3.77. The van der Waals surface area contributed by atoms with Crippen LogP contribution in [0, 0.1) is 11.6 Å². The zero-order valence-corrected chi connectivity index (χ0v) is 15.2. The lowest BCUT2D eigenvalue weighted by molar-refractivity contribution is 0.507. The second-order valence-electron chi connectivity index (χ2n) is 5.69. The van der Waals surface area contributed by atoms with Gasteiger partial charge in [0.05, 0.1) is 12.3 Å². The molecule has 0 saturated heterocycles. The molecule has 0 amide bonds. The van der Waals surface area contributed by atoms with Crippen LogP contribution in [0.3, 0.4) is 0 Å². The third-order valence-corrected chi connectivity index (χ3v) is 6.94. The average molecular weight is 381 g/mol. The summed E-state index contributed by atoms with van der Waals surface area (Å²) < 4.78 is 54.4. The Labute approximate surface area is 149 Å². The summed E-state index contributed by atoms with van der Waals surface area (Å²) in [6.45, 7) is 1.75. The molecule has 0 bridgehead atoms. The minimum atomic E-state index is -3.57. The van der Waals surface area contributed by atoms with Crippen molar-refractivity contribution in [3.05, 3.63) is 65.7 Å². The van der Waals surface area contributed by atoms with Gasteiger partial charge in [-0.05, 0) is 41.6 Å². The number of benzene rings is 2. The maximum atomic E-state index is 13.5. The number of rotatable bonds is 6. The molecule has 0 saturated carbocycles. The zero-order valence-electron chi connectivity index (χ0n) is 13.6. The molecule has 132 valence electrons. The molecule has 0 aliphatic rings. The van der Waals surface area contributed by atoms with Gasteiger partial charge in [-0.3, -0.25) is 4.31 Å². The van der Waals surface area contributed by atoms with Gasteiger partial charge >= 0.3 is 0 Å². The molecule has 0 N–H and O–H groups in total. The number of halogens is 2. The highest BCUT2D eigenvalue weighted by Crippen LogP contribution is 2.35. The second-order valence-corrected chi connectivity index (χ2v) is 8.77. The Hall–Kier alpha value is -1.99. The SMILES string of the molecule is CCCS(=O)(=O)N(Cc1ccc(F)c(F)c1)c1cc2ccccc2s1. The van der Waals surface area contributed by atoms with E-state index in [0.717, 1.165) is 22.2 Å². The molecule has 25 heavy (non-hydrogen) atoms. The molecule has 2 aromatic carbocycles. The normalized spacial score (nSPS) is 11.8.